The SMILES string of the molecule is CC(C)CCSc1ccc(/C(N)=N/O)c(C(F)(F)F)c1. The standard InChI is InChI=1S/C13H17F3N2OS/c1-8(2)5-6-20-9-3-4-10(12(17)18-19)11(7-9)13(14,15)16/h3-4,7-8,19H,5-6H2,1-2H3,(H2,17,18). The van der Waals surface area contributed by atoms with Gasteiger partial charge in [0.05, 0.1) is 5.56 Å². The summed E-state index contributed by atoms with van der Waals surface area (Å²) in [5, 5.41) is 11.2. The molecule has 0 aliphatic rings. The lowest BCUT2D eigenvalue weighted by molar-refractivity contribution is -0.137. The third kappa shape index (κ3) is 4.63. The van der Waals surface area contributed by atoms with Crippen molar-refractivity contribution in [2.75, 3.05) is 5.75 Å². The lowest BCUT2D eigenvalue weighted by Gasteiger charge is -2.13. The molecule has 0 radical (unpaired) electrons. The van der Waals surface area contributed by atoms with Crippen LogP contribution in [0.3, 0.4) is 0 Å². The van der Waals surface area contributed by atoms with E-state index in [4.69, 9.17) is 10.9 Å². The van der Waals surface area contributed by atoms with E-state index in [9.17, 15) is 13.2 Å². The van der Waals surface area contributed by atoms with Gasteiger partial charge in [0, 0.05) is 10.5 Å². The zero-order valence-electron chi connectivity index (χ0n) is 11.2. The number of nitrogens with two attached hydrogens (primary N) is 1. The van der Waals surface area contributed by atoms with E-state index in [0.29, 0.717) is 10.8 Å². The summed E-state index contributed by atoms with van der Waals surface area (Å²) < 4.78 is 38.9. The van der Waals surface area contributed by atoms with Gasteiger partial charge in [-0.25, -0.2) is 0 Å². The van der Waals surface area contributed by atoms with E-state index in [1.165, 1.54) is 17.8 Å². The van der Waals surface area contributed by atoms with Gasteiger partial charge in [-0.3, -0.25) is 0 Å². The normalized spacial score (nSPS) is 13.0. The molecule has 3 nitrogen and oxygen atoms in total. The molecule has 0 aliphatic carbocycles. The highest BCUT2D eigenvalue weighted by Crippen LogP contribution is 2.35. The van der Waals surface area contributed by atoms with Crippen molar-refractivity contribution in [1.29, 1.82) is 0 Å². The van der Waals surface area contributed by atoms with Crippen LogP contribution >= 0.6 is 11.8 Å². The number of nitrogens with zero attached hydrogens (tertiary/aromatic N) is 1. The molecule has 1 rings (SSSR count). The second-order valence-corrected chi connectivity index (χ2v) is 5.89. The Kier molecular flexibility index (Phi) is 5.74. The summed E-state index contributed by atoms with van der Waals surface area (Å²) in [6, 6.07) is 3.82. The lowest BCUT2D eigenvalue weighted by Crippen LogP contribution is -2.20. The van der Waals surface area contributed by atoms with Crippen LogP contribution < -0.4 is 5.73 Å². The van der Waals surface area contributed by atoms with Crippen LogP contribution in [0.2, 0.25) is 0 Å². The molecule has 112 valence electrons. The average molecular weight is 306 g/mol. The molecular weight excluding hydrogens is 289 g/mol. The average Bonchev–Trinajstić information content (AvgIpc) is 2.36. The number of benzene rings is 1. The predicted octanol–water partition coefficient (Wildman–Crippen LogP) is 3.94. The minimum absolute atomic E-state index is 0.312. The van der Waals surface area contributed by atoms with Gasteiger partial charge < -0.3 is 10.9 Å². The Labute approximate surface area is 120 Å². The molecule has 0 saturated heterocycles. The molecule has 0 unspecified atom stereocenters. The van der Waals surface area contributed by atoms with Gasteiger partial charge in [-0.1, -0.05) is 19.0 Å². The molecule has 7 heteroatoms. The highest BCUT2D eigenvalue weighted by molar-refractivity contribution is 7.99. The van der Waals surface area contributed by atoms with Crippen molar-refractivity contribution in [3.63, 3.8) is 0 Å². The number of oxime groups is 1. The van der Waals surface area contributed by atoms with E-state index in [0.717, 1.165) is 18.2 Å². The monoisotopic (exact) mass is 306 g/mol. The molecule has 3 N–H and O–H groups in total. The van der Waals surface area contributed by atoms with Crippen molar-refractivity contribution in [3.05, 3.63) is 29.3 Å². The molecule has 0 fully saturated rings. The van der Waals surface area contributed by atoms with Crippen LogP contribution in [-0.4, -0.2) is 16.8 Å². The van der Waals surface area contributed by atoms with Crippen molar-refractivity contribution in [3.8, 4) is 0 Å². The minimum atomic E-state index is -4.54. The Bertz CT molecular complexity index is 487. The van der Waals surface area contributed by atoms with Crippen molar-refractivity contribution in [2.45, 2.75) is 31.3 Å². The highest BCUT2D eigenvalue weighted by Gasteiger charge is 2.34. The smallest absolute Gasteiger partial charge is 0.409 e. The van der Waals surface area contributed by atoms with Gasteiger partial charge in [0.2, 0.25) is 0 Å². The van der Waals surface area contributed by atoms with Crippen molar-refractivity contribution in [1.82, 2.24) is 0 Å². The van der Waals surface area contributed by atoms with E-state index in [2.05, 4.69) is 19.0 Å². The van der Waals surface area contributed by atoms with E-state index in [1.54, 1.807) is 6.07 Å². The predicted molar refractivity (Wildman–Crippen MR) is 74.1 cm³/mol. The third-order valence-corrected chi connectivity index (χ3v) is 3.67. The third-order valence-electron chi connectivity index (χ3n) is 2.64. The van der Waals surface area contributed by atoms with E-state index < -0.39 is 17.6 Å². The zero-order valence-corrected chi connectivity index (χ0v) is 12.1. The second kappa shape index (κ2) is 6.88. The molecule has 0 aliphatic heterocycles. The fourth-order valence-corrected chi connectivity index (χ4v) is 2.73. The molecule has 0 aromatic heterocycles. The first-order valence-electron chi connectivity index (χ1n) is 6.07. The number of amidine groups is 1. The Morgan fingerprint density at radius 3 is 2.55 bits per heavy atom. The number of hydrogen-bond donors (Lipinski definition) is 2. The van der Waals surface area contributed by atoms with Gasteiger partial charge in [-0.15, -0.1) is 11.8 Å². The highest BCUT2D eigenvalue weighted by atomic mass is 32.2. The van der Waals surface area contributed by atoms with Crippen LogP contribution in [0.1, 0.15) is 31.4 Å². The number of hydrogen-bond acceptors (Lipinski definition) is 3. The van der Waals surface area contributed by atoms with Crippen molar-refractivity contribution in [2.24, 2.45) is 16.8 Å². The molecule has 1 aromatic rings. The molecule has 0 saturated carbocycles. The van der Waals surface area contributed by atoms with Crippen LogP contribution in [0.5, 0.6) is 0 Å². The Morgan fingerprint density at radius 2 is 2.05 bits per heavy atom. The fraction of sp³-hybridized carbons (Fsp3) is 0.462. The van der Waals surface area contributed by atoms with E-state index in [1.807, 2.05) is 0 Å². The molecule has 20 heavy (non-hydrogen) atoms. The molecule has 0 heterocycles. The van der Waals surface area contributed by atoms with Gasteiger partial charge in [0.15, 0.2) is 5.84 Å². The zero-order chi connectivity index (χ0) is 15.3. The fourth-order valence-electron chi connectivity index (χ4n) is 1.54. The number of thioether (sulfide) groups is 1. The summed E-state index contributed by atoms with van der Waals surface area (Å²) in [6.07, 6.45) is -3.62. The molecule has 0 amide bonds. The molecule has 0 atom stereocenters. The summed E-state index contributed by atoms with van der Waals surface area (Å²) in [5.74, 6) is 0.704. The minimum Gasteiger partial charge on any atom is -0.409 e. The van der Waals surface area contributed by atoms with Crippen LogP contribution in [0.25, 0.3) is 0 Å². The first-order valence-corrected chi connectivity index (χ1v) is 7.06. The Hall–Kier alpha value is -1.37. The Balaban J connectivity index is 3.03. The van der Waals surface area contributed by atoms with Gasteiger partial charge in [0.1, 0.15) is 0 Å². The summed E-state index contributed by atoms with van der Waals surface area (Å²) >= 11 is 1.36. The molecular formula is C13H17F3N2OS. The van der Waals surface area contributed by atoms with Gasteiger partial charge in [0.25, 0.3) is 0 Å². The molecule has 1 aromatic carbocycles. The van der Waals surface area contributed by atoms with Gasteiger partial charge >= 0.3 is 6.18 Å². The quantitative estimate of drug-likeness (QED) is 0.285. The summed E-state index contributed by atoms with van der Waals surface area (Å²) in [7, 11) is 0. The van der Waals surface area contributed by atoms with Crippen LogP contribution in [0, 0.1) is 5.92 Å². The first kappa shape index (κ1) is 16.7. The topological polar surface area (TPSA) is 58.6 Å². The van der Waals surface area contributed by atoms with Crippen LogP contribution in [0.4, 0.5) is 13.2 Å². The van der Waals surface area contributed by atoms with E-state index >= 15 is 0 Å². The van der Waals surface area contributed by atoms with Crippen molar-refractivity contribution < 1.29 is 18.4 Å². The largest absolute Gasteiger partial charge is 0.417 e. The lowest BCUT2D eigenvalue weighted by atomic mass is 10.1. The van der Waals surface area contributed by atoms with Gasteiger partial charge in [-0.2, -0.15) is 13.2 Å². The molecule has 0 bridgehead atoms. The number of alkyl halides is 3. The number of rotatable bonds is 5. The van der Waals surface area contributed by atoms with Crippen molar-refractivity contribution >= 4 is 17.6 Å². The maximum atomic E-state index is 13.0. The number of halogens is 3. The maximum absolute atomic E-state index is 13.0. The second-order valence-electron chi connectivity index (χ2n) is 4.72. The first-order chi connectivity index (χ1) is 9.25. The van der Waals surface area contributed by atoms with Gasteiger partial charge in [-0.05, 0) is 36.3 Å². The Morgan fingerprint density at radius 1 is 1.40 bits per heavy atom. The van der Waals surface area contributed by atoms with Crippen LogP contribution in [-0.2, 0) is 6.18 Å². The molecule has 0 spiro atoms. The summed E-state index contributed by atoms with van der Waals surface area (Å²) in [6.45, 7) is 4.12. The van der Waals surface area contributed by atoms with E-state index in [-0.39, 0.29) is 5.56 Å². The van der Waals surface area contributed by atoms with Crippen LogP contribution in [0.15, 0.2) is 28.3 Å². The maximum Gasteiger partial charge on any atom is 0.417 e. The summed E-state index contributed by atoms with van der Waals surface area (Å²) in [5.41, 5.74) is 4.08. The summed E-state index contributed by atoms with van der Waals surface area (Å²) in [4.78, 5) is 0.521.